The second kappa shape index (κ2) is 19.8. The number of rotatable bonds is 14. The highest BCUT2D eigenvalue weighted by molar-refractivity contribution is 6.01. The number of benzene rings is 3. The van der Waals surface area contributed by atoms with Crippen LogP contribution in [0.1, 0.15) is 108 Å². The van der Waals surface area contributed by atoms with Crippen LogP contribution in [-0.4, -0.2) is 24.5 Å². The predicted molar refractivity (Wildman–Crippen MR) is 189 cm³/mol. The van der Waals surface area contributed by atoms with Crippen molar-refractivity contribution in [2.75, 3.05) is 0 Å². The fourth-order valence-corrected chi connectivity index (χ4v) is 4.71. The van der Waals surface area contributed by atoms with Gasteiger partial charge in [0.2, 0.25) is 0 Å². The van der Waals surface area contributed by atoms with Crippen molar-refractivity contribution in [3.8, 4) is 5.75 Å². The topological polar surface area (TPSA) is 60.4 Å². The number of halogens is 2. The number of alkyl halides is 2. The first-order valence-corrected chi connectivity index (χ1v) is 15.2. The lowest BCUT2D eigenvalue weighted by molar-refractivity contribution is -0.159. The molecular formula is C39H52F2O4. The molecule has 0 fully saturated rings. The van der Waals surface area contributed by atoms with Crippen LogP contribution >= 0.6 is 0 Å². The Bertz CT molecular complexity index is 1470. The van der Waals surface area contributed by atoms with Crippen molar-refractivity contribution in [3.05, 3.63) is 119 Å². The summed E-state index contributed by atoms with van der Waals surface area (Å²) in [6, 6.07) is 17.5. The number of Topliss-reactive ketones (excluding diaryl/α,β-unsaturated/α-hetero) is 2. The van der Waals surface area contributed by atoms with E-state index in [0.717, 1.165) is 34.2 Å². The Kier molecular flexibility index (Phi) is 16.9. The average Bonchev–Trinajstić information content (AvgIpc) is 3.01. The number of ketones is 2. The molecule has 0 amide bonds. The highest BCUT2D eigenvalue weighted by atomic mass is 19.3. The molecule has 4 nitrogen and oxygen atoms in total. The van der Waals surface area contributed by atoms with Gasteiger partial charge in [0, 0.05) is 35.5 Å². The molecule has 0 aliphatic heterocycles. The first-order valence-electron chi connectivity index (χ1n) is 15.2. The first-order chi connectivity index (χ1) is 21.5. The van der Waals surface area contributed by atoms with Crippen LogP contribution in [0, 0.1) is 0 Å². The Labute approximate surface area is 272 Å². The van der Waals surface area contributed by atoms with Gasteiger partial charge in [-0.05, 0) is 58.4 Å². The van der Waals surface area contributed by atoms with Gasteiger partial charge in [-0.1, -0.05) is 120 Å². The summed E-state index contributed by atoms with van der Waals surface area (Å²) in [6.07, 6.45) is 7.03. The number of allylic oxidation sites excluding steroid dienone is 1. The number of carbonyl (C=O) groups is 3. The molecule has 0 saturated carbocycles. The van der Waals surface area contributed by atoms with E-state index in [-0.39, 0.29) is 40.4 Å². The average molecular weight is 623 g/mol. The normalized spacial score (nSPS) is 11.4. The van der Waals surface area contributed by atoms with Crippen molar-refractivity contribution in [1.29, 1.82) is 0 Å². The lowest BCUT2D eigenvalue weighted by Crippen LogP contribution is -2.19. The summed E-state index contributed by atoms with van der Waals surface area (Å²) in [7, 11) is 0. The third-order valence-corrected chi connectivity index (χ3v) is 6.64. The van der Waals surface area contributed by atoms with Crippen molar-refractivity contribution in [3.63, 3.8) is 0 Å². The standard InChI is InChI=1S/C35H36F2O3.C3H8.CH2O.3H2/c1-6-10-13-28-19-25(22-33(38)31(9-4)29-17-16-26(7-2)27(8-3)23-29)15-18-32(28)34(39)21-24-12-11-14-30(20-24)40-35(5,36)37;1-3-2;1-2;;;/h7-8,10-20,23,31H,2-3,6,9,21-22H2,1,4-5H3;3H2,1-2H3;1H2;3*1H/b13-10-;;;;;. The Morgan fingerprint density at radius 1 is 0.867 bits per heavy atom. The van der Waals surface area contributed by atoms with Gasteiger partial charge in [0.15, 0.2) is 5.78 Å². The maximum absolute atomic E-state index is 13.4. The third kappa shape index (κ3) is 12.6. The van der Waals surface area contributed by atoms with Crippen LogP contribution in [0.5, 0.6) is 5.75 Å². The van der Waals surface area contributed by atoms with E-state index in [0.29, 0.717) is 24.5 Å². The molecule has 6 heteroatoms. The van der Waals surface area contributed by atoms with E-state index >= 15 is 0 Å². The van der Waals surface area contributed by atoms with E-state index in [1.54, 1.807) is 30.4 Å². The fraction of sp³-hybridized carbons (Fsp3) is 0.308. The Balaban J connectivity index is -0.00000239. The SMILES string of the molecule is C=Cc1ccc(C(CC)C(=O)Cc2ccc(C(=O)Cc3cccc(OC(C)(F)F)c3)c(/C=C\CC)c2)cc1C=C.C=O.CCC.[HH].[HH].[HH]. The summed E-state index contributed by atoms with van der Waals surface area (Å²) in [5.41, 5.74) is 5.48. The molecular weight excluding hydrogens is 570 g/mol. The highest BCUT2D eigenvalue weighted by Gasteiger charge is 2.24. The molecule has 0 spiro atoms. The highest BCUT2D eigenvalue weighted by Crippen LogP contribution is 2.27. The zero-order valence-corrected chi connectivity index (χ0v) is 27.2. The van der Waals surface area contributed by atoms with Crippen molar-refractivity contribution in [2.45, 2.75) is 78.7 Å². The van der Waals surface area contributed by atoms with Crippen molar-refractivity contribution in [1.82, 2.24) is 0 Å². The summed E-state index contributed by atoms with van der Waals surface area (Å²) >= 11 is 0. The van der Waals surface area contributed by atoms with Crippen LogP contribution in [0.25, 0.3) is 18.2 Å². The van der Waals surface area contributed by atoms with Gasteiger partial charge in [-0.15, -0.1) is 0 Å². The Morgan fingerprint density at radius 3 is 2.09 bits per heavy atom. The molecule has 0 aromatic heterocycles. The summed E-state index contributed by atoms with van der Waals surface area (Å²) in [5, 5.41) is 0. The van der Waals surface area contributed by atoms with Crippen LogP contribution in [0.3, 0.4) is 0 Å². The van der Waals surface area contributed by atoms with E-state index in [1.807, 2.05) is 63.1 Å². The van der Waals surface area contributed by atoms with E-state index in [4.69, 9.17) is 4.79 Å². The number of hydrogen-bond donors (Lipinski definition) is 0. The first kappa shape index (κ1) is 38.6. The zero-order valence-electron chi connectivity index (χ0n) is 27.2. The second-order valence-electron chi connectivity index (χ2n) is 10.5. The maximum Gasteiger partial charge on any atom is 0.394 e. The molecule has 0 radical (unpaired) electrons. The predicted octanol–water partition coefficient (Wildman–Crippen LogP) is 11.1. The van der Waals surface area contributed by atoms with Crippen LogP contribution in [-0.2, 0) is 22.4 Å². The minimum absolute atomic E-state index is 0. The molecule has 1 atom stereocenters. The van der Waals surface area contributed by atoms with Crippen molar-refractivity contribution in [2.24, 2.45) is 0 Å². The molecule has 0 saturated heterocycles. The lowest BCUT2D eigenvalue weighted by Gasteiger charge is -2.17. The molecule has 3 aromatic carbocycles. The number of hydrogen-bond acceptors (Lipinski definition) is 4. The van der Waals surface area contributed by atoms with E-state index in [9.17, 15) is 18.4 Å². The molecule has 45 heavy (non-hydrogen) atoms. The summed E-state index contributed by atoms with van der Waals surface area (Å²) in [5.74, 6) is -0.321. The van der Waals surface area contributed by atoms with E-state index in [2.05, 4.69) is 31.7 Å². The van der Waals surface area contributed by atoms with Gasteiger partial charge in [-0.25, -0.2) is 0 Å². The molecule has 0 heterocycles. The number of carbonyl (C=O) groups excluding carboxylic acids is 3. The summed E-state index contributed by atoms with van der Waals surface area (Å²) in [6.45, 7) is 18.6. The second-order valence-corrected chi connectivity index (χ2v) is 10.5. The lowest BCUT2D eigenvalue weighted by atomic mass is 9.86. The van der Waals surface area contributed by atoms with Gasteiger partial charge in [-0.2, -0.15) is 8.78 Å². The van der Waals surface area contributed by atoms with Crippen LogP contribution in [0.2, 0.25) is 0 Å². The minimum Gasteiger partial charge on any atom is -0.433 e. The van der Waals surface area contributed by atoms with E-state index < -0.39 is 6.11 Å². The van der Waals surface area contributed by atoms with Gasteiger partial charge >= 0.3 is 6.11 Å². The van der Waals surface area contributed by atoms with Gasteiger partial charge in [-0.3, -0.25) is 9.59 Å². The fourth-order valence-electron chi connectivity index (χ4n) is 4.71. The van der Waals surface area contributed by atoms with Crippen molar-refractivity contribution >= 4 is 36.6 Å². The molecule has 0 N–H and O–H groups in total. The van der Waals surface area contributed by atoms with Crippen LogP contribution in [0.15, 0.2) is 79.9 Å². The smallest absolute Gasteiger partial charge is 0.394 e. The molecule has 0 bridgehead atoms. The van der Waals surface area contributed by atoms with Gasteiger partial charge in [0.1, 0.15) is 18.3 Å². The molecule has 0 aliphatic rings. The van der Waals surface area contributed by atoms with Gasteiger partial charge in [0.05, 0.1) is 0 Å². The minimum atomic E-state index is -3.31. The molecule has 1 unspecified atom stereocenters. The van der Waals surface area contributed by atoms with Gasteiger partial charge in [0.25, 0.3) is 0 Å². The molecule has 246 valence electrons. The molecule has 3 rings (SSSR count). The quantitative estimate of drug-likeness (QED) is 0.168. The Hall–Kier alpha value is -4.45. The van der Waals surface area contributed by atoms with Gasteiger partial charge < -0.3 is 9.53 Å². The van der Waals surface area contributed by atoms with Crippen LogP contribution < -0.4 is 4.74 Å². The molecule has 0 aliphatic carbocycles. The largest absolute Gasteiger partial charge is 0.433 e. The van der Waals surface area contributed by atoms with E-state index in [1.165, 1.54) is 18.6 Å². The van der Waals surface area contributed by atoms with Crippen LogP contribution in [0.4, 0.5) is 8.78 Å². The molecule has 3 aromatic rings. The zero-order chi connectivity index (χ0) is 34.0. The summed E-state index contributed by atoms with van der Waals surface area (Å²) in [4.78, 5) is 34.7. The monoisotopic (exact) mass is 622 g/mol. The Morgan fingerprint density at radius 2 is 1.51 bits per heavy atom. The van der Waals surface area contributed by atoms with Crippen molar-refractivity contribution < 1.29 is 32.2 Å². The third-order valence-electron chi connectivity index (χ3n) is 6.64. The number of ether oxygens (including phenoxy) is 1. The summed E-state index contributed by atoms with van der Waals surface area (Å²) < 4.78 is 31.2. The maximum atomic E-state index is 13.4.